The van der Waals surface area contributed by atoms with E-state index in [2.05, 4.69) is 0 Å². The van der Waals surface area contributed by atoms with E-state index in [1.807, 2.05) is 54.6 Å². The van der Waals surface area contributed by atoms with E-state index in [0.717, 1.165) is 27.5 Å². The number of rotatable bonds is 5. The second-order valence-corrected chi connectivity index (χ2v) is 6.46. The van der Waals surface area contributed by atoms with Crippen LogP contribution in [0.4, 0.5) is 0 Å². The Balaban J connectivity index is 1.57. The summed E-state index contributed by atoms with van der Waals surface area (Å²) in [5, 5.41) is 2.73. The lowest BCUT2D eigenvalue weighted by molar-refractivity contribution is -0.138. The third kappa shape index (κ3) is 4.04. The van der Waals surface area contributed by atoms with Gasteiger partial charge in [-0.05, 0) is 40.6 Å². The third-order valence-corrected chi connectivity index (χ3v) is 4.61. The van der Waals surface area contributed by atoms with Crippen LogP contribution >= 0.6 is 0 Å². The van der Waals surface area contributed by atoms with Crippen molar-refractivity contribution in [2.45, 2.75) is 6.61 Å². The average molecular weight is 386 g/mol. The molecule has 0 aliphatic carbocycles. The van der Waals surface area contributed by atoms with Crippen molar-refractivity contribution in [1.29, 1.82) is 0 Å². The maximum Gasteiger partial charge on any atom is 0.336 e. The number of hydrogen-bond acceptors (Lipinski definition) is 5. The summed E-state index contributed by atoms with van der Waals surface area (Å²) in [6.45, 7) is -0.0259. The van der Waals surface area contributed by atoms with Crippen LogP contribution in [0.3, 0.4) is 0 Å². The van der Waals surface area contributed by atoms with Crippen LogP contribution in [0.2, 0.25) is 0 Å². The molecule has 4 aromatic rings. The zero-order chi connectivity index (χ0) is 20.2. The smallest absolute Gasteiger partial charge is 0.336 e. The molecule has 0 spiro atoms. The van der Waals surface area contributed by atoms with E-state index >= 15 is 0 Å². The van der Waals surface area contributed by atoms with Crippen LogP contribution in [0.25, 0.3) is 27.8 Å². The molecular formula is C24H18O5. The van der Waals surface area contributed by atoms with Crippen LogP contribution in [0.15, 0.2) is 82.0 Å². The van der Waals surface area contributed by atoms with Gasteiger partial charge in [0, 0.05) is 23.1 Å². The van der Waals surface area contributed by atoms with Gasteiger partial charge < -0.3 is 13.9 Å². The molecule has 29 heavy (non-hydrogen) atoms. The number of methoxy groups -OCH3 is 1. The number of carbonyl (C=O) groups excluding carboxylic acids is 1. The van der Waals surface area contributed by atoms with Crippen LogP contribution in [-0.2, 0) is 16.1 Å². The molecule has 144 valence electrons. The molecule has 0 unspecified atom stereocenters. The number of esters is 1. The Bertz CT molecular complexity index is 1270. The molecule has 0 aliphatic heterocycles. The normalized spacial score (nSPS) is 11.2. The fraction of sp³-hybridized carbons (Fsp3) is 0.0833. The molecule has 0 amide bonds. The molecule has 4 rings (SSSR count). The van der Waals surface area contributed by atoms with Crippen molar-refractivity contribution in [3.05, 3.63) is 94.4 Å². The summed E-state index contributed by atoms with van der Waals surface area (Å²) in [7, 11) is 1.60. The van der Waals surface area contributed by atoms with Gasteiger partial charge in [0.15, 0.2) is 0 Å². The van der Waals surface area contributed by atoms with Crippen LogP contribution in [-0.4, -0.2) is 13.1 Å². The maximum absolute atomic E-state index is 12.2. The lowest BCUT2D eigenvalue weighted by Crippen LogP contribution is -2.06. The number of ether oxygens (including phenoxy) is 2. The van der Waals surface area contributed by atoms with Gasteiger partial charge in [-0.2, -0.15) is 0 Å². The molecule has 0 radical (unpaired) electrons. The van der Waals surface area contributed by atoms with Crippen molar-refractivity contribution < 1.29 is 18.7 Å². The van der Waals surface area contributed by atoms with Gasteiger partial charge in [-0.3, -0.25) is 0 Å². The minimum atomic E-state index is -0.498. The van der Waals surface area contributed by atoms with Crippen molar-refractivity contribution in [2.24, 2.45) is 0 Å². The molecule has 1 aromatic heterocycles. The zero-order valence-electron chi connectivity index (χ0n) is 15.8. The van der Waals surface area contributed by atoms with E-state index in [1.165, 1.54) is 12.1 Å². The van der Waals surface area contributed by atoms with Gasteiger partial charge >= 0.3 is 11.6 Å². The Morgan fingerprint density at radius 1 is 1.03 bits per heavy atom. The number of hydrogen-bond donors (Lipinski definition) is 0. The van der Waals surface area contributed by atoms with Crippen LogP contribution in [0.1, 0.15) is 11.1 Å². The van der Waals surface area contributed by atoms with Gasteiger partial charge in [0.25, 0.3) is 0 Å². The van der Waals surface area contributed by atoms with Crippen LogP contribution < -0.4 is 10.4 Å². The Morgan fingerprint density at radius 3 is 2.62 bits per heavy atom. The summed E-state index contributed by atoms with van der Waals surface area (Å²) in [5.41, 5.74) is 1.45. The largest absolute Gasteiger partial charge is 0.497 e. The number of carbonyl (C=O) groups is 1. The minimum Gasteiger partial charge on any atom is -0.497 e. The molecule has 0 N–H and O–H groups in total. The van der Waals surface area contributed by atoms with Crippen molar-refractivity contribution in [2.75, 3.05) is 7.11 Å². The molecule has 0 atom stereocenters. The number of benzene rings is 3. The highest BCUT2D eigenvalue weighted by Gasteiger charge is 2.11. The highest BCUT2D eigenvalue weighted by atomic mass is 16.5. The molecule has 3 aromatic carbocycles. The first kappa shape index (κ1) is 18.5. The van der Waals surface area contributed by atoms with E-state index in [0.29, 0.717) is 11.1 Å². The summed E-state index contributed by atoms with van der Waals surface area (Å²) in [4.78, 5) is 24.1. The van der Waals surface area contributed by atoms with Crippen molar-refractivity contribution in [3.63, 3.8) is 0 Å². The second kappa shape index (κ2) is 8.02. The molecule has 5 nitrogen and oxygen atoms in total. The van der Waals surface area contributed by atoms with E-state index in [-0.39, 0.29) is 6.61 Å². The monoisotopic (exact) mass is 386 g/mol. The molecule has 0 bridgehead atoms. The topological polar surface area (TPSA) is 65.7 Å². The van der Waals surface area contributed by atoms with Crippen LogP contribution in [0, 0.1) is 0 Å². The van der Waals surface area contributed by atoms with E-state index in [9.17, 15) is 9.59 Å². The quantitative estimate of drug-likeness (QED) is 0.215. The zero-order valence-corrected chi connectivity index (χ0v) is 15.8. The van der Waals surface area contributed by atoms with Gasteiger partial charge in [0.05, 0.1) is 7.11 Å². The maximum atomic E-state index is 12.2. The Hall–Kier alpha value is -3.86. The molecule has 0 aliphatic rings. The van der Waals surface area contributed by atoms with Crippen molar-refractivity contribution in [1.82, 2.24) is 0 Å². The Kier molecular flexibility index (Phi) is 5.12. The second-order valence-electron chi connectivity index (χ2n) is 6.46. The molecule has 5 heteroatoms. The lowest BCUT2D eigenvalue weighted by atomic mass is 10.0. The molecule has 0 saturated carbocycles. The summed E-state index contributed by atoms with van der Waals surface area (Å²) >= 11 is 0. The Labute approximate surface area is 166 Å². The highest BCUT2D eigenvalue weighted by Crippen LogP contribution is 2.27. The molecule has 0 saturated heterocycles. The van der Waals surface area contributed by atoms with E-state index in [4.69, 9.17) is 13.9 Å². The van der Waals surface area contributed by atoms with Gasteiger partial charge in [-0.1, -0.05) is 42.5 Å². The fourth-order valence-corrected chi connectivity index (χ4v) is 3.21. The lowest BCUT2D eigenvalue weighted by Gasteiger charge is -2.08. The predicted molar refractivity (Wildman–Crippen MR) is 112 cm³/mol. The van der Waals surface area contributed by atoms with Gasteiger partial charge in [-0.25, -0.2) is 9.59 Å². The van der Waals surface area contributed by atoms with Crippen LogP contribution in [0.5, 0.6) is 5.75 Å². The SMILES string of the molecule is COc1ccc(C=CC(=O)OCc2cc(=O)oc3ccc4ccccc4c23)cc1. The third-order valence-electron chi connectivity index (χ3n) is 4.61. The summed E-state index contributed by atoms with van der Waals surface area (Å²) in [6.07, 6.45) is 3.02. The Morgan fingerprint density at radius 2 is 1.83 bits per heavy atom. The van der Waals surface area contributed by atoms with Gasteiger partial charge in [-0.15, -0.1) is 0 Å². The predicted octanol–water partition coefficient (Wildman–Crippen LogP) is 4.71. The van der Waals surface area contributed by atoms with E-state index in [1.54, 1.807) is 19.3 Å². The minimum absolute atomic E-state index is 0.0259. The summed E-state index contributed by atoms with van der Waals surface area (Å²) < 4.78 is 15.8. The fourth-order valence-electron chi connectivity index (χ4n) is 3.21. The first-order chi connectivity index (χ1) is 14.1. The van der Waals surface area contributed by atoms with Crippen molar-refractivity contribution >= 4 is 33.8 Å². The highest BCUT2D eigenvalue weighted by molar-refractivity contribution is 6.07. The molecular weight excluding hydrogens is 368 g/mol. The molecule has 1 heterocycles. The van der Waals surface area contributed by atoms with Gasteiger partial charge in [0.1, 0.15) is 17.9 Å². The van der Waals surface area contributed by atoms with Crippen molar-refractivity contribution in [3.8, 4) is 5.75 Å². The average Bonchev–Trinajstić information content (AvgIpc) is 2.76. The summed E-state index contributed by atoms with van der Waals surface area (Å²) in [6, 6.07) is 20.1. The molecule has 0 fully saturated rings. The van der Waals surface area contributed by atoms with E-state index < -0.39 is 11.6 Å². The number of fused-ring (bicyclic) bond motifs is 3. The van der Waals surface area contributed by atoms with Gasteiger partial charge in [0.2, 0.25) is 0 Å². The first-order valence-corrected chi connectivity index (χ1v) is 9.07. The first-order valence-electron chi connectivity index (χ1n) is 9.07. The standard InChI is InChI=1S/C24H18O5/c1-27-19-10-6-16(7-11-19)8-13-22(25)28-15-18-14-23(26)29-21-12-9-17-4-2-3-5-20(17)24(18)21/h2-14H,15H2,1H3. The summed E-state index contributed by atoms with van der Waals surface area (Å²) in [5.74, 6) is 0.245.